The SMILES string of the molecule is CC#CCN(C)CI. The second-order valence-corrected chi connectivity index (χ2v) is 2.24. The first-order valence-corrected chi connectivity index (χ1v) is 3.98. The molecule has 0 N–H and O–H groups in total. The third-order valence-electron chi connectivity index (χ3n) is 0.730. The molecule has 2 heteroatoms. The summed E-state index contributed by atoms with van der Waals surface area (Å²) < 4.78 is 1.05. The van der Waals surface area contributed by atoms with E-state index >= 15 is 0 Å². The summed E-state index contributed by atoms with van der Waals surface area (Å²) in [5.74, 6) is 5.81. The van der Waals surface area contributed by atoms with Crippen molar-refractivity contribution in [3.63, 3.8) is 0 Å². The molecule has 46 valence electrons. The van der Waals surface area contributed by atoms with Gasteiger partial charge >= 0.3 is 0 Å². The van der Waals surface area contributed by atoms with Crippen LogP contribution < -0.4 is 0 Å². The highest BCUT2D eigenvalue weighted by atomic mass is 127. The van der Waals surface area contributed by atoms with Gasteiger partial charge in [-0.1, -0.05) is 28.5 Å². The minimum atomic E-state index is 0.888. The van der Waals surface area contributed by atoms with Gasteiger partial charge in [-0.2, -0.15) is 0 Å². The molecular formula is C6H10IN. The third-order valence-corrected chi connectivity index (χ3v) is 1.89. The lowest BCUT2D eigenvalue weighted by Crippen LogP contribution is -2.15. The number of hydrogen-bond donors (Lipinski definition) is 0. The molecule has 0 radical (unpaired) electrons. The summed E-state index contributed by atoms with van der Waals surface area (Å²) in [5, 5.41) is 0. The van der Waals surface area contributed by atoms with Crippen molar-refractivity contribution in [2.24, 2.45) is 0 Å². The molecule has 0 amide bonds. The van der Waals surface area contributed by atoms with Crippen LogP contribution in [0.4, 0.5) is 0 Å². The molecule has 0 saturated heterocycles. The molecule has 0 atom stereocenters. The van der Waals surface area contributed by atoms with E-state index in [-0.39, 0.29) is 0 Å². The Bertz CT molecular complexity index is 101. The minimum Gasteiger partial charge on any atom is -0.286 e. The molecule has 8 heavy (non-hydrogen) atoms. The molecule has 0 aromatic carbocycles. The van der Waals surface area contributed by atoms with Gasteiger partial charge in [-0.15, -0.1) is 5.92 Å². The maximum atomic E-state index is 2.97. The molecule has 0 rings (SSSR count). The van der Waals surface area contributed by atoms with Crippen molar-refractivity contribution >= 4 is 22.6 Å². The van der Waals surface area contributed by atoms with E-state index in [0.29, 0.717) is 0 Å². The van der Waals surface area contributed by atoms with Crippen LogP contribution in [0.3, 0.4) is 0 Å². The van der Waals surface area contributed by atoms with Gasteiger partial charge in [-0.25, -0.2) is 0 Å². The average molecular weight is 223 g/mol. The molecule has 0 aliphatic heterocycles. The Labute approximate surface area is 64.6 Å². The van der Waals surface area contributed by atoms with Gasteiger partial charge in [-0.05, 0) is 14.0 Å². The number of hydrogen-bond acceptors (Lipinski definition) is 1. The van der Waals surface area contributed by atoms with Gasteiger partial charge in [0.05, 0.1) is 11.1 Å². The third kappa shape index (κ3) is 4.41. The van der Waals surface area contributed by atoms with Crippen molar-refractivity contribution in [3.05, 3.63) is 0 Å². The predicted octanol–water partition coefficient (Wildman–Crippen LogP) is 1.33. The standard InChI is InChI=1S/C6H10IN/c1-3-4-5-8(2)6-7/h5-6H2,1-2H3. The van der Waals surface area contributed by atoms with Gasteiger partial charge in [-0.3, -0.25) is 4.90 Å². The molecule has 0 heterocycles. The predicted molar refractivity (Wildman–Crippen MR) is 45.0 cm³/mol. The second kappa shape index (κ2) is 5.39. The van der Waals surface area contributed by atoms with Crippen LogP contribution in [-0.2, 0) is 0 Å². The zero-order chi connectivity index (χ0) is 6.41. The molecule has 0 spiro atoms. The Hall–Kier alpha value is 0.250. The van der Waals surface area contributed by atoms with Gasteiger partial charge < -0.3 is 0 Å². The van der Waals surface area contributed by atoms with E-state index in [1.165, 1.54) is 0 Å². The lowest BCUT2D eigenvalue weighted by Gasteiger charge is -2.05. The summed E-state index contributed by atoms with van der Waals surface area (Å²) >= 11 is 2.31. The lowest BCUT2D eigenvalue weighted by atomic mass is 10.6. The van der Waals surface area contributed by atoms with Gasteiger partial charge in [0.15, 0.2) is 0 Å². The number of rotatable bonds is 2. The van der Waals surface area contributed by atoms with Gasteiger partial charge in [0.2, 0.25) is 0 Å². The Morgan fingerprint density at radius 3 is 2.62 bits per heavy atom. The monoisotopic (exact) mass is 223 g/mol. The first-order valence-electron chi connectivity index (χ1n) is 2.45. The van der Waals surface area contributed by atoms with Crippen molar-refractivity contribution in [1.82, 2.24) is 4.90 Å². The van der Waals surface area contributed by atoms with Crippen molar-refractivity contribution < 1.29 is 0 Å². The highest BCUT2D eigenvalue weighted by Crippen LogP contribution is 1.85. The molecule has 0 aliphatic rings. The van der Waals surface area contributed by atoms with E-state index in [2.05, 4.69) is 46.4 Å². The van der Waals surface area contributed by atoms with Crippen molar-refractivity contribution in [3.8, 4) is 11.8 Å². The van der Waals surface area contributed by atoms with Crippen LogP contribution in [0.1, 0.15) is 6.92 Å². The molecule has 0 unspecified atom stereocenters. The summed E-state index contributed by atoms with van der Waals surface area (Å²) in [5.41, 5.74) is 0. The van der Waals surface area contributed by atoms with E-state index in [1.54, 1.807) is 0 Å². The van der Waals surface area contributed by atoms with Crippen LogP contribution in [0.15, 0.2) is 0 Å². The fourth-order valence-electron chi connectivity index (χ4n) is 0.256. The van der Waals surface area contributed by atoms with Crippen LogP contribution in [-0.4, -0.2) is 23.0 Å². The van der Waals surface area contributed by atoms with Crippen molar-refractivity contribution in [1.29, 1.82) is 0 Å². The van der Waals surface area contributed by atoms with Gasteiger partial charge in [0.1, 0.15) is 0 Å². The van der Waals surface area contributed by atoms with Crippen LogP contribution >= 0.6 is 22.6 Å². The first kappa shape index (κ1) is 8.25. The average Bonchev–Trinajstić information content (AvgIpc) is 1.83. The topological polar surface area (TPSA) is 3.24 Å². The van der Waals surface area contributed by atoms with Crippen LogP contribution in [0.2, 0.25) is 0 Å². The molecule has 0 fully saturated rings. The number of alkyl halides is 1. The summed E-state index contributed by atoms with van der Waals surface area (Å²) in [6.07, 6.45) is 0. The van der Waals surface area contributed by atoms with Gasteiger partial charge in [0, 0.05) is 0 Å². The molecular weight excluding hydrogens is 213 g/mol. The highest BCUT2D eigenvalue weighted by molar-refractivity contribution is 14.1. The summed E-state index contributed by atoms with van der Waals surface area (Å²) in [4.78, 5) is 2.15. The van der Waals surface area contributed by atoms with E-state index in [0.717, 1.165) is 11.1 Å². The largest absolute Gasteiger partial charge is 0.286 e. The maximum Gasteiger partial charge on any atom is 0.0605 e. The summed E-state index contributed by atoms with van der Waals surface area (Å²) in [6.45, 7) is 2.75. The smallest absolute Gasteiger partial charge is 0.0605 e. The number of halogens is 1. The fraction of sp³-hybridized carbons (Fsp3) is 0.667. The fourth-order valence-corrected chi connectivity index (χ4v) is 0.497. The van der Waals surface area contributed by atoms with E-state index < -0.39 is 0 Å². The van der Waals surface area contributed by atoms with E-state index in [9.17, 15) is 0 Å². The first-order chi connectivity index (χ1) is 3.81. The molecule has 1 nitrogen and oxygen atoms in total. The summed E-state index contributed by atoms with van der Waals surface area (Å²) in [7, 11) is 2.05. The Morgan fingerprint density at radius 1 is 1.62 bits per heavy atom. The normalized spacial score (nSPS) is 8.50. The van der Waals surface area contributed by atoms with Crippen LogP contribution in [0, 0.1) is 11.8 Å². The van der Waals surface area contributed by atoms with E-state index in [1.807, 2.05) is 6.92 Å². The molecule has 0 aromatic heterocycles. The van der Waals surface area contributed by atoms with Crippen LogP contribution in [0.5, 0.6) is 0 Å². The zero-order valence-corrected chi connectivity index (χ0v) is 7.40. The highest BCUT2D eigenvalue weighted by Gasteiger charge is 1.86. The maximum absolute atomic E-state index is 2.97. The summed E-state index contributed by atoms with van der Waals surface area (Å²) in [6, 6.07) is 0. The Kier molecular flexibility index (Phi) is 5.56. The van der Waals surface area contributed by atoms with Gasteiger partial charge in [0.25, 0.3) is 0 Å². The second-order valence-electron chi connectivity index (χ2n) is 1.56. The molecule has 0 aliphatic carbocycles. The Morgan fingerprint density at radius 2 is 2.25 bits per heavy atom. The zero-order valence-electron chi connectivity index (χ0n) is 5.24. The van der Waals surface area contributed by atoms with Crippen LogP contribution in [0.25, 0.3) is 0 Å². The van der Waals surface area contributed by atoms with Crippen molar-refractivity contribution in [2.45, 2.75) is 6.92 Å². The Balaban J connectivity index is 3.19. The molecule has 0 aromatic rings. The lowest BCUT2D eigenvalue weighted by molar-refractivity contribution is 0.455. The minimum absolute atomic E-state index is 0.888. The quantitative estimate of drug-likeness (QED) is 0.295. The number of nitrogens with zero attached hydrogens (tertiary/aromatic N) is 1. The molecule has 0 saturated carbocycles. The van der Waals surface area contributed by atoms with Crippen molar-refractivity contribution in [2.75, 3.05) is 18.1 Å². The van der Waals surface area contributed by atoms with E-state index in [4.69, 9.17) is 0 Å². The molecule has 0 bridgehead atoms.